The zero-order valence-corrected chi connectivity index (χ0v) is 11.8. The van der Waals surface area contributed by atoms with E-state index in [1.165, 1.54) is 24.3 Å². The summed E-state index contributed by atoms with van der Waals surface area (Å²) in [6, 6.07) is 5.52. The van der Waals surface area contributed by atoms with Crippen molar-refractivity contribution in [2.24, 2.45) is 35.5 Å². The molecule has 0 saturated heterocycles. The van der Waals surface area contributed by atoms with E-state index in [9.17, 15) is 19.1 Å². The Morgan fingerprint density at radius 1 is 1.05 bits per heavy atom. The quantitative estimate of drug-likeness (QED) is 0.843. The molecule has 0 spiro atoms. The van der Waals surface area contributed by atoms with Crippen molar-refractivity contribution in [1.29, 1.82) is 0 Å². The van der Waals surface area contributed by atoms with E-state index >= 15 is 0 Å². The molecule has 114 valence electrons. The number of rotatable bonds is 3. The summed E-state index contributed by atoms with van der Waals surface area (Å²) >= 11 is 0. The van der Waals surface area contributed by atoms with Crippen molar-refractivity contribution in [2.45, 2.75) is 6.42 Å². The van der Waals surface area contributed by atoms with Gasteiger partial charge < -0.3 is 10.4 Å². The number of carboxylic acids is 1. The molecule has 5 rings (SSSR count). The van der Waals surface area contributed by atoms with Gasteiger partial charge in [0, 0.05) is 5.69 Å². The predicted molar refractivity (Wildman–Crippen MR) is 77.4 cm³/mol. The van der Waals surface area contributed by atoms with Crippen LogP contribution in [0.5, 0.6) is 0 Å². The third-order valence-corrected chi connectivity index (χ3v) is 5.35. The largest absolute Gasteiger partial charge is 0.481 e. The average Bonchev–Trinajstić information content (AvgIpc) is 3.30. The van der Waals surface area contributed by atoms with Crippen LogP contribution in [-0.2, 0) is 9.59 Å². The number of carboxylic acid groups (broad SMARTS) is 1. The molecule has 2 fully saturated rings. The van der Waals surface area contributed by atoms with Crippen LogP contribution in [0.2, 0.25) is 0 Å². The van der Waals surface area contributed by atoms with Gasteiger partial charge in [-0.05, 0) is 54.4 Å². The first kappa shape index (κ1) is 13.5. The van der Waals surface area contributed by atoms with E-state index in [0.29, 0.717) is 17.5 Å². The lowest BCUT2D eigenvalue weighted by molar-refractivity contribution is -0.152. The van der Waals surface area contributed by atoms with Crippen molar-refractivity contribution < 1.29 is 19.1 Å². The third kappa shape index (κ3) is 1.95. The number of carbonyl (C=O) groups excluding carboxylic acids is 1. The van der Waals surface area contributed by atoms with Crippen LogP contribution in [0.3, 0.4) is 0 Å². The molecule has 4 aliphatic rings. The zero-order chi connectivity index (χ0) is 15.4. The molecule has 1 aromatic carbocycles. The molecular formula is C17H16FNO3. The lowest BCUT2D eigenvalue weighted by Crippen LogP contribution is -2.48. The minimum atomic E-state index is -0.899. The van der Waals surface area contributed by atoms with Crippen molar-refractivity contribution in [3.8, 4) is 0 Å². The molecule has 2 bridgehead atoms. The molecule has 0 aromatic heterocycles. The van der Waals surface area contributed by atoms with E-state index in [1.807, 2.05) is 12.2 Å². The van der Waals surface area contributed by atoms with Gasteiger partial charge in [-0.1, -0.05) is 12.2 Å². The van der Waals surface area contributed by atoms with E-state index in [4.69, 9.17) is 0 Å². The van der Waals surface area contributed by atoms with Crippen LogP contribution in [0.15, 0.2) is 36.4 Å². The van der Waals surface area contributed by atoms with Gasteiger partial charge in [0.25, 0.3) is 0 Å². The SMILES string of the molecule is O=C(O)[C@@H]1[C@@H]2C=C[C@@H]([C@H]3C[C@H]23)[C@H]1C(=O)Nc1ccc(F)cc1. The van der Waals surface area contributed by atoms with Crippen molar-refractivity contribution in [3.63, 3.8) is 0 Å². The Balaban J connectivity index is 1.60. The number of amides is 1. The minimum Gasteiger partial charge on any atom is -0.481 e. The summed E-state index contributed by atoms with van der Waals surface area (Å²) in [6.45, 7) is 0. The van der Waals surface area contributed by atoms with Crippen molar-refractivity contribution in [1.82, 2.24) is 0 Å². The molecule has 0 radical (unpaired) electrons. The number of hydrogen-bond donors (Lipinski definition) is 2. The van der Waals surface area contributed by atoms with E-state index in [-0.39, 0.29) is 23.6 Å². The summed E-state index contributed by atoms with van der Waals surface area (Å²) in [5.74, 6) is -1.87. The van der Waals surface area contributed by atoms with Crippen LogP contribution in [0.25, 0.3) is 0 Å². The second kappa shape index (κ2) is 4.66. The molecular weight excluding hydrogens is 285 g/mol. The van der Waals surface area contributed by atoms with Gasteiger partial charge in [0.05, 0.1) is 11.8 Å². The Bertz CT molecular complexity index is 669. The minimum absolute atomic E-state index is 0.0107. The Labute approximate surface area is 127 Å². The predicted octanol–water partition coefficient (Wildman–Crippen LogP) is 2.53. The molecule has 1 amide bonds. The topological polar surface area (TPSA) is 66.4 Å². The summed E-state index contributed by atoms with van der Waals surface area (Å²) in [6.07, 6.45) is 5.03. The van der Waals surface area contributed by atoms with Crippen molar-refractivity contribution in [2.75, 3.05) is 5.32 Å². The molecule has 1 aromatic rings. The number of nitrogens with one attached hydrogen (secondary N) is 1. The van der Waals surface area contributed by atoms with Gasteiger partial charge in [-0.2, -0.15) is 0 Å². The maximum absolute atomic E-state index is 12.9. The van der Waals surface area contributed by atoms with Gasteiger partial charge in [0.2, 0.25) is 5.91 Å². The number of fused-ring (bicyclic) bond motifs is 1. The first-order valence-corrected chi connectivity index (χ1v) is 7.54. The number of hydrogen-bond acceptors (Lipinski definition) is 2. The lowest BCUT2D eigenvalue weighted by Gasteiger charge is -2.41. The highest BCUT2D eigenvalue weighted by atomic mass is 19.1. The van der Waals surface area contributed by atoms with Gasteiger partial charge in [0.15, 0.2) is 0 Å². The summed E-state index contributed by atoms with van der Waals surface area (Å²) in [5, 5.41) is 12.3. The Kier molecular flexibility index (Phi) is 2.86. The van der Waals surface area contributed by atoms with Crippen LogP contribution in [0.1, 0.15) is 6.42 Å². The number of benzene rings is 1. The molecule has 6 atom stereocenters. The fourth-order valence-corrected chi connectivity index (χ4v) is 4.33. The summed E-state index contributed by atoms with van der Waals surface area (Å²) < 4.78 is 12.9. The standard InChI is InChI=1S/C17H16FNO3/c18-8-1-3-9(4-2-8)19-16(20)14-10-5-6-11(13-7-12(10)13)15(14)17(21)22/h1-6,10-15H,7H2,(H,19,20)(H,21,22)/t10-,11+,12+,13+,14+,15+/m0/s1. The number of aliphatic carboxylic acids is 1. The van der Waals surface area contributed by atoms with Crippen molar-refractivity contribution >= 4 is 17.6 Å². The van der Waals surface area contributed by atoms with Crippen LogP contribution in [0, 0.1) is 41.3 Å². The van der Waals surface area contributed by atoms with E-state index in [0.717, 1.165) is 6.42 Å². The molecule has 0 aliphatic heterocycles. The summed E-state index contributed by atoms with van der Waals surface area (Å²) in [5.41, 5.74) is 0.494. The second-order valence-electron chi connectivity index (χ2n) is 6.49. The fourth-order valence-electron chi connectivity index (χ4n) is 4.33. The number of halogens is 1. The normalized spacial score (nSPS) is 37.5. The van der Waals surface area contributed by atoms with Gasteiger partial charge in [0.1, 0.15) is 5.82 Å². The van der Waals surface area contributed by atoms with Crippen LogP contribution < -0.4 is 5.32 Å². The molecule has 2 N–H and O–H groups in total. The molecule has 2 saturated carbocycles. The van der Waals surface area contributed by atoms with Crippen molar-refractivity contribution in [3.05, 3.63) is 42.2 Å². The Morgan fingerprint density at radius 2 is 1.64 bits per heavy atom. The van der Waals surface area contributed by atoms with Crippen LogP contribution >= 0.6 is 0 Å². The molecule has 22 heavy (non-hydrogen) atoms. The van der Waals surface area contributed by atoms with Gasteiger partial charge in [-0.15, -0.1) is 0 Å². The highest BCUT2D eigenvalue weighted by Crippen LogP contribution is 2.63. The zero-order valence-electron chi connectivity index (χ0n) is 11.8. The molecule has 0 unspecified atom stereocenters. The van der Waals surface area contributed by atoms with Gasteiger partial charge in [-0.3, -0.25) is 9.59 Å². The van der Waals surface area contributed by atoms with Gasteiger partial charge in [-0.25, -0.2) is 4.39 Å². The third-order valence-electron chi connectivity index (χ3n) is 5.35. The maximum Gasteiger partial charge on any atom is 0.307 e. The summed E-state index contributed by atoms with van der Waals surface area (Å²) in [7, 11) is 0. The molecule has 4 nitrogen and oxygen atoms in total. The van der Waals surface area contributed by atoms with Crippen LogP contribution in [0.4, 0.5) is 10.1 Å². The monoisotopic (exact) mass is 301 g/mol. The van der Waals surface area contributed by atoms with E-state index in [1.54, 1.807) is 0 Å². The Hall–Kier alpha value is -2.17. The van der Waals surface area contributed by atoms with Crippen LogP contribution in [-0.4, -0.2) is 17.0 Å². The number of carbonyl (C=O) groups is 2. The fraction of sp³-hybridized carbons (Fsp3) is 0.412. The van der Waals surface area contributed by atoms with E-state index < -0.39 is 17.8 Å². The van der Waals surface area contributed by atoms with E-state index in [2.05, 4.69) is 5.32 Å². The molecule has 5 heteroatoms. The lowest BCUT2D eigenvalue weighted by atomic mass is 9.62. The number of anilines is 1. The Morgan fingerprint density at radius 3 is 2.23 bits per heavy atom. The highest BCUT2D eigenvalue weighted by molar-refractivity contribution is 5.96. The smallest absolute Gasteiger partial charge is 0.307 e. The maximum atomic E-state index is 12.9. The highest BCUT2D eigenvalue weighted by Gasteiger charge is 2.62. The number of allylic oxidation sites excluding steroid dienone is 2. The molecule has 4 aliphatic carbocycles. The first-order valence-electron chi connectivity index (χ1n) is 7.54. The second-order valence-corrected chi connectivity index (χ2v) is 6.49. The average molecular weight is 301 g/mol. The summed E-state index contributed by atoms with van der Waals surface area (Å²) in [4.78, 5) is 24.3. The first-order chi connectivity index (χ1) is 10.6. The van der Waals surface area contributed by atoms with Gasteiger partial charge >= 0.3 is 5.97 Å². The molecule has 0 heterocycles.